The third-order valence-corrected chi connectivity index (χ3v) is 1.62. The Morgan fingerprint density at radius 1 is 1.22 bits per heavy atom. The number of halogens is 5. The van der Waals surface area contributed by atoms with E-state index in [-0.39, 0.29) is 6.08 Å². The summed E-state index contributed by atoms with van der Waals surface area (Å²) in [6, 6.07) is 0. The standard InChI is InChI=1S/C9H9F5O4/c1-17-7(15)8(16)18-4-5(9(12,13)14)2-3-6(10)11/h2,6H,3-4H2,1H3. The van der Waals surface area contributed by atoms with Gasteiger partial charge in [0.15, 0.2) is 0 Å². The van der Waals surface area contributed by atoms with Gasteiger partial charge in [-0.25, -0.2) is 18.4 Å². The molecule has 0 amide bonds. The van der Waals surface area contributed by atoms with E-state index >= 15 is 0 Å². The van der Waals surface area contributed by atoms with Crippen LogP contribution in [0.15, 0.2) is 11.6 Å². The molecule has 0 aliphatic rings. The van der Waals surface area contributed by atoms with Gasteiger partial charge in [-0.1, -0.05) is 6.08 Å². The van der Waals surface area contributed by atoms with Gasteiger partial charge in [0.05, 0.1) is 12.7 Å². The predicted molar refractivity (Wildman–Crippen MR) is 47.7 cm³/mol. The summed E-state index contributed by atoms with van der Waals surface area (Å²) in [6.45, 7) is -1.33. The van der Waals surface area contributed by atoms with Crippen molar-refractivity contribution in [1.82, 2.24) is 0 Å². The van der Waals surface area contributed by atoms with Crippen LogP contribution in [0.5, 0.6) is 0 Å². The van der Waals surface area contributed by atoms with Gasteiger partial charge in [0.2, 0.25) is 6.43 Å². The molecule has 0 rings (SSSR count). The van der Waals surface area contributed by atoms with Crippen LogP contribution < -0.4 is 0 Å². The van der Waals surface area contributed by atoms with Gasteiger partial charge >= 0.3 is 18.1 Å². The van der Waals surface area contributed by atoms with Gasteiger partial charge in [0, 0.05) is 6.42 Å². The van der Waals surface area contributed by atoms with Gasteiger partial charge in [-0.15, -0.1) is 0 Å². The Labute approximate surface area is 98.3 Å². The van der Waals surface area contributed by atoms with E-state index in [0.29, 0.717) is 0 Å². The Kier molecular flexibility index (Phi) is 6.28. The molecule has 0 aliphatic heterocycles. The maximum atomic E-state index is 12.3. The zero-order valence-corrected chi connectivity index (χ0v) is 9.09. The van der Waals surface area contributed by atoms with Crippen molar-refractivity contribution in [1.29, 1.82) is 0 Å². The van der Waals surface area contributed by atoms with Crippen LogP contribution in [-0.4, -0.2) is 38.3 Å². The molecule has 0 spiro atoms. The quantitative estimate of drug-likeness (QED) is 0.340. The van der Waals surface area contributed by atoms with E-state index < -0.39 is 43.1 Å². The van der Waals surface area contributed by atoms with Gasteiger partial charge in [0.1, 0.15) is 6.61 Å². The number of carbonyl (C=O) groups is 2. The first-order valence-corrected chi connectivity index (χ1v) is 4.48. The largest absolute Gasteiger partial charge is 0.461 e. The van der Waals surface area contributed by atoms with Crippen LogP contribution in [-0.2, 0) is 19.1 Å². The van der Waals surface area contributed by atoms with Crippen LogP contribution in [0.2, 0.25) is 0 Å². The average Bonchev–Trinajstić information content (AvgIpc) is 2.25. The number of alkyl halides is 5. The molecule has 4 nitrogen and oxygen atoms in total. The maximum absolute atomic E-state index is 12.3. The number of carbonyl (C=O) groups excluding carboxylic acids is 2. The van der Waals surface area contributed by atoms with Crippen LogP contribution >= 0.6 is 0 Å². The summed E-state index contributed by atoms with van der Waals surface area (Å²) in [5, 5.41) is 0. The van der Waals surface area contributed by atoms with E-state index in [1.54, 1.807) is 0 Å². The van der Waals surface area contributed by atoms with E-state index in [4.69, 9.17) is 0 Å². The second-order valence-electron chi connectivity index (χ2n) is 2.92. The Hall–Kier alpha value is -1.67. The highest BCUT2D eigenvalue weighted by Crippen LogP contribution is 2.26. The molecule has 0 aromatic heterocycles. The summed E-state index contributed by atoms with van der Waals surface area (Å²) in [5.41, 5.74) is -1.47. The highest BCUT2D eigenvalue weighted by Gasteiger charge is 2.35. The minimum Gasteiger partial charge on any atom is -0.461 e. The molecule has 0 aromatic carbocycles. The van der Waals surface area contributed by atoms with Crippen molar-refractivity contribution < 1.29 is 41.0 Å². The van der Waals surface area contributed by atoms with Crippen molar-refractivity contribution in [2.45, 2.75) is 19.0 Å². The predicted octanol–water partition coefficient (Wildman–Crippen LogP) is 1.85. The van der Waals surface area contributed by atoms with Crippen LogP contribution in [0.1, 0.15) is 6.42 Å². The topological polar surface area (TPSA) is 52.6 Å². The molecule has 0 aliphatic carbocycles. The molecule has 104 valence electrons. The van der Waals surface area contributed by atoms with Crippen molar-refractivity contribution >= 4 is 11.9 Å². The lowest BCUT2D eigenvalue weighted by molar-refractivity contribution is -0.166. The van der Waals surface area contributed by atoms with E-state index in [1.807, 2.05) is 0 Å². The second kappa shape index (κ2) is 6.92. The molecular formula is C9H9F5O4. The van der Waals surface area contributed by atoms with Crippen molar-refractivity contribution in [2.24, 2.45) is 0 Å². The molecule has 9 heteroatoms. The molecule has 0 radical (unpaired) electrons. The minimum absolute atomic E-state index is 0.204. The Morgan fingerprint density at radius 3 is 2.17 bits per heavy atom. The normalized spacial score (nSPS) is 12.5. The zero-order valence-electron chi connectivity index (χ0n) is 9.09. The molecule has 0 atom stereocenters. The van der Waals surface area contributed by atoms with E-state index in [0.717, 1.165) is 7.11 Å². The monoisotopic (exact) mass is 276 g/mol. The fourth-order valence-electron chi connectivity index (χ4n) is 0.773. The number of hydrogen-bond acceptors (Lipinski definition) is 4. The molecule has 0 N–H and O–H groups in total. The van der Waals surface area contributed by atoms with Crippen molar-refractivity contribution in [3.8, 4) is 0 Å². The molecule has 0 bridgehead atoms. The summed E-state index contributed by atoms with van der Waals surface area (Å²) in [7, 11) is 0.834. The molecule has 0 saturated carbocycles. The molecule has 0 aromatic rings. The van der Waals surface area contributed by atoms with Crippen LogP contribution in [0.3, 0.4) is 0 Å². The van der Waals surface area contributed by atoms with E-state index in [9.17, 15) is 31.5 Å². The molecule has 0 fully saturated rings. The molecule has 0 saturated heterocycles. The van der Waals surface area contributed by atoms with E-state index in [2.05, 4.69) is 9.47 Å². The minimum atomic E-state index is -4.93. The first-order chi connectivity index (χ1) is 8.18. The highest BCUT2D eigenvalue weighted by molar-refractivity contribution is 6.29. The second-order valence-corrected chi connectivity index (χ2v) is 2.92. The van der Waals surface area contributed by atoms with Gasteiger partial charge < -0.3 is 9.47 Å². The number of esters is 2. The Bertz CT molecular complexity index is 334. The van der Waals surface area contributed by atoms with Crippen molar-refractivity contribution in [2.75, 3.05) is 13.7 Å². The maximum Gasteiger partial charge on any atom is 0.417 e. The van der Waals surface area contributed by atoms with Crippen molar-refractivity contribution in [3.05, 3.63) is 11.6 Å². The van der Waals surface area contributed by atoms with E-state index in [1.165, 1.54) is 0 Å². The number of methoxy groups -OCH3 is 1. The smallest absolute Gasteiger partial charge is 0.417 e. The molecule has 0 unspecified atom stereocenters. The third-order valence-electron chi connectivity index (χ3n) is 1.62. The summed E-state index contributed by atoms with van der Waals surface area (Å²) in [5.74, 6) is -3.12. The third kappa shape index (κ3) is 6.16. The molecular weight excluding hydrogens is 267 g/mol. The van der Waals surface area contributed by atoms with Gasteiger partial charge in [0.25, 0.3) is 0 Å². The summed E-state index contributed by atoms with van der Waals surface area (Å²) < 4.78 is 68.3. The van der Waals surface area contributed by atoms with Gasteiger partial charge in [-0.05, 0) is 0 Å². The number of rotatable bonds is 4. The average molecular weight is 276 g/mol. The lowest BCUT2D eigenvalue weighted by Crippen LogP contribution is -2.24. The van der Waals surface area contributed by atoms with Crippen molar-refractivity contribution in [3.63, 3.8) is 0 Å². The number of allylic oxidation sites excluding steroid dienone is 1. The lowest BCUT2D eigenvalue weighted by Gasteiger charge is -2.11. The van der Waals surface area contributed by atoms with Gasteiger partial charge in [-0.3, -0.25) is 0 Å². The Morgan fingerprint density at radius 2 is 1.78 bits per heavy atom. The molecule has 18 heavy (non-hydrogen) atoms. The lowest BCUT2D eigenvalue weighted by atomic mass is 10.2. The van der Waals surface area contributed by atoms with Crippen LogP contribution in [0.25, 0.3) is 0 Å². The first kappa shape index (κ1) is 16.3. The first-order valence-electron chi connectivity index (χ1n) is 4.48. The molecule has 0 heterocycles. The summed E-state index contributed by atoms with van der Waals surface area (Å²) >= 11 is 0. The number of ether oxygens (including phenoxy) is 2. The fraction of sp³-hybridized carbons (Fsp3) is 0.556. The van der Waals surface area contributed by atoms with Crippen LogP contribution in [0, 0.1) is 0 Å². The summed E-state index contributed by atoms with van der Waals surface area (Å²) in [4.78, 5) is 21.2. The Balaban J connectivity index is 4.58. The summed E-state index contributed by atoms with van der Waals surface area (Å²) in [6.07, 6.45) is -8.82. The van der Waals surface area contributed by atoms with Crippen LogP contribution in [0.4, 0.5) is 22.0 Å². The highest BCUT2D eigenvalue weighted by atomic mass is 19.4. The van der Waals surface area contributed by atoms with Gasteiger partial charge in [-0.2, -0.15) is 13.2 Å². The fourth-order valence-corrected chi connectivity index (χ4v) is 0.773. The zero-order chi connectivity index (χ0) is 14.3. The number of hydrogen-bond donors (Lipinski definition) is 0. The SMILES string of the molecule is COC(=O)C(=O)OCC(=CCC(F)F)C(F)(F)F.